The molecular weight excluding hydrogens is 332 g/mol. The van der Waals surface area contributed by atoms with Gasteiger partial charge in [-0.1, -0.05) is 18.2 Å². The number of nitro benzene ring substituents is 1. The van der Waals surface area contributed by atoms with E-state index in [0.717, 1.165) is 6.42 Å². The lowest BCUT2D eigenvalue weighted by Crippen LogP contribution is -2.33. The summed E-state index contributed by atoms with van der Waals surface area (Å²) in [7, 11) is 0. The highest BCUT2D eigenvalue weighted by atomic mass is 16.6. The third-order valence-corrected chi connectivity index (χ3v) is 7.17. The highest BCUT2D eigenvalue weighted by Gasteiger charge is 2.72. The summed E-state index contributed by atoms with van der Waals surface area (Å²) in [6.45, 7) is 0. The Kier molecular flexibility index (Phi) is 2.49. The van der Waals surface area contributed by atoms with Crippen LogP contribution in [0.5, 0.6) is 0 Å². The van der Waals surface area contributed by atoms with Crippen molar-refractivity contribution in [1.82, 2.24) is 0 Å². The number of amides is 2. The van der Waals surface area contributed by atoms with E-state index >= 15 is 0 Å². The molecule has 4 fully saturated rings. The number of hydrogen-bond donors (Lipinski definition) is 0. The first kappa shape index (κ1) is 14.4. The molecule has 0 N–H and O–H groups in total. The van der Waals surface area contributed by atoms with Crippen LogP contribution in [0.15, 0.2) is 36.4 Å². The standard InChI is InChI=1S/C20H16N2O4/c23-19-17-13-8-14(12-7-11(12)13)18(17)20(24)21(19)15-5-6-16(22(25)26)10-4-2-1-3-9(10)15/h1-6,11-14,17-18H,7-8H2/t11-,12+,13?,14?,17-,18+. The number of hydrogen-bond acceptors (Lipinski definition) is 4. The van der Waals surface area contributed by atoms with Crippen LogP contribution in [-0.2, 0) is 9.59 Å². The maximum absolute atomic E-state index is 13.2. The van der Waals surface area contributed by atoms with Crippen LogP contribution >= 0.6 is 0 Å². The van der Waals surface area contributed by atoms with Gasteiger partial charge in [0.2, 0.25) is 11.8 Å². The molecule has 4 aliphatic rings. The van der Waals surface area contributed by atoms with Gasteiger partial charge >= 0.3 is 0 Å². The van der Waals surface area contributed by atoms with E-state index in [1.54, 1.807) is 30.3 Å². The molecular formula is C20H16N2O4. The molecule has 2 aromatic carbocycles. The van der Waals surface area contributed by atoms with E-state index in [-0.39, 0.29) is 29.3 Å². The zero-order chi connectivity index (χ0) is 17.7. The molecule has 6 atom stereocenters. The number of anilines is 1. The summed E-state index contributed by atoms with van der Waals surface area (Å²) in [5.41, 5.74) is 0.480. The molecule has 130 valence electrons. The number of nitro groups is 1. The highest BCUT2D eigenvalue weighted by Crippen LogP contribution is 2.71. The van der Waals surface area contributed by atoms with Crippen molar-refractivity contribution in [3.05, 3.63) is 46.5 Å². The molecule has 0 aromatic heterocycles. The maximum atomic E-state index is 13.2. The van der Waals surface area contributed by atoms with Crippen molar-refractivity contribution < 1.29 is 14.5 Å². The van der Waals surface area contributed by atoms with Gasteiger partial charge in [-0.15, -0.1) is 0 Å². The van der Waals surface area contributed by atoms with E-state index in [1.165, 1.54) is 17.4 Å². The molecule has 2 amide bonds. The van der Waals surface area contributed by atoms with Crippen LogP contribution in [0.3, 0.4) is 0 Å². The van der Waals surface area contributed by atoms with Crippen LogP contribution in [0.2, 0.25) is 0 Å². The number of carbonyl (C=O) groups is 2. The van der Waals surface area contributed by atoms with Gasteiger partial charge in [0.05, 0.1) is 27.8 Å². The Morgan fingerprint density at radius 2 is 1.42 bits per heavy atom. The molecule has 6 nitrogen and oxygen atoms in total. The van der Waals surface area contributed by atoms with Crippen LogP contribution in [0.25, 0.3) is 10.8 Å². The second kappa shape index (κ2) is 4.50. The molecule has 1 heterocycles. The smallest absolute Gasteiger partial charge is 0.274 e. The minimum atomic E-state index is -0.428. The van der Waals surface area contributed by atoms with Gasteiger partial charge < -0.3 is 0 Å². The van der Waals surface area contributed by atoms with Crippen LogP contribution < -0.4 is 4.90 Å². The predicted octanol–water partition coefficient (Wildman–Crippen LogP) is 3.14. The van der Waals surface area contributed by atoms with Gasteiger partial charge in [-0.25, -0.2) is 4.90 Å². The molecule has 6 heteroatoms. The van der Waals surface area contributed by atoms with Crippen LogP contribution in [0, 0.1) is 45.6 Å². The monoisotopic (exact) mass is 348 g/mol. The van der Waals surface area contributed by atoms with Crippen molar-refractivity contribution in [2.45, 2.75) is 12.8 Å². The number of rotatable bonds is 2. The summed E-state index contributed by atoms with van der Waals surface area (Å²) in [5.74, 6) is 1.46. The Morgan fingerprint density at radius 1 is 0.846 bits per heavy atom. The van der Waals surface area contributed by atoms with Gasteiger partial charge in [0, 0.05) is 11.5 Å². The van der Waals surface area contributed by atoms with E-state index in [9.17, 15) is 19.7 Å². The van der Waals surface area contributed by atoms with Crippen molar-refractivity contribution in [1.29, 1.82) is 0 Å². The Labute approximate surface area is 148 Å². The van der Waals surface area contributed by atoms with Crippen molar-refractivity contribution in [3.63, 3.8) is 0 Å². The van der Waals surface area contributed by atoms with E-state index in [1.807, 2.05) is 0 Å². The van der Waals surface area contributed by atoms with Crippen LogP contribution in [0.4, 0.5) is 11.4 Å². The van der Waals surface area contributed by atoms with Gasteiger partial charge in [0.25, 0.3) is 5.69 Å². The largest absolute Gasteiger partial charge is 0.277 e. The average Bonchev–Trinajstić information content (AvgIpc) is 3.15. The maximum Gasteiger partial charge on any atom is 0.277 e. The fourth-order valence-electron chi connectivity index (χ4n) is 6.18. The molecule has 2 unspecified atom stereocenters. The molecule has 3 aliphatic carbocycles. The van der Waals surface area contributed by atoms with Crippen molar-refractivity contribution in [2.75, 3.05) is 4.90 Å². The zero-order valence-electron chi connectivity index (χ0n) is 13.9. The van der Waals surface area contributed by atoms with E-state index in [4.69, 9.17) is 0 Å². The highest BCUT2D eigenvalue weighted by molar-refractivity contribution is 6.25. The molecule has 6 rings (SSSR count). The second-order valence-electron chi connectivity index (χ2n) is 8.10. The van der Waals surface area contributed by atoms with Crippen LogP contribution in [0.1, 0.15) is 12.8 Å². The predicted molar refractivity (Wildman–Crippen MR) is 93.3 cm³/mol. The van der Waals surface area contributed by atoms with E-state index in [0.29, 0.717) is 40.1 Å². The van der Waals surface area contributed by atoms with Gasteiger partial charge in [-0.2, -0.15) is 0 Å². The van der Waals surface area contributed by atoms with Gasteiger partial charge in [0.15, 0.2) is 0 Å². The Bertz CT molecular complexity index is 1000. The summed E-state index contributed by atoms with van der Waals surface area (Å²) in [5, 5.41) is 12.4. The number of nitrogens with zero attached hydrogens (tertiary/aromatic N) is 2. The number of carbonyl (C=O) groups excluding carboxylic acids is 2. The van der Waals surface area contributed by atoms with Gasteiger partial charge in [-0.05, 0) is 48.6 Å². The second-order valence-corrected chi connectivity index (χ2v) is 8.10. The number of non-ortho nitro benzene ring substituents is 1. The summed E-state index contributed by atoms with van der Waals surface area (Å²) < 4.78 is 0. The van der Waals surface area contributed by atoms with E-state index in [2.05, 4.69) is 0 Å². The van der Waals surface area contributed by atoms with E-state index < -0.39 is 4.92 Å². The molecule has 1 saturated heterocycles. The summed E-state index contributed by atoms with van der Waals surface area (Å²) in [6.07, 6.45) is 2.21. The number of imide groups is 1. The first-order valence-electron chi connectivity index (χ1n) is 9.12. The number of benzene rings is 2. The molecule has 3 saturated carbocycles. The molecule has 2 bridgehead atoms. The molecule has 2 aromatic rings. The van der Waals surface area contributed by atoms with Gasteiger partial charge in [0.1, 0.15) is 0 Å². The Morgan fingerprint density at radius 3 is 2.04 bits per heavy atom. The topological polar surface area (TPSA) is 80.5 Å². The summed E-state index contributed by atoms with van der Waals surface area (Å²) in [4.78, 5) is 38.6. The van der Waals surface area contributed by atoms with Crippen LogP contribution in [-0.4, -0.2) is 16.7 Å². The zero-order valence-corrected chi connectivity index (χ0v) is 13.9. The average molecular weight is 348 g/mol. The molecule has 0 radical (unpaired) electrons. The quantitative estimate of drug-likeness (QED) is 0.474. The SMILES string of the molecule is O=C1[C@@H]2C3CC([C@H]4C[C@@H]34)[C@@H]2C(=O)N1c1ccc([N+](=O)[O-])c2ccccc12. The first-order valence-corrected chi connectivity index (χ1v) is 9.12. The Balaban J connectivity index is 1.50. The minimum absolute atomic E-state index is 0.00930. The lowest BCUT2D eigenvalue weighted by Gasteiger charge is -2.20. The van der Waals surface area contributed by atoms with Gasteiger partial charge in [-0.3, -0.25) is 19.7 Å². The first-order chi connectivity index (χ1) is 12.6. The Hall–Kier alpha value is -2.76. The summed E-state index contributed by atoms with van der Waals surface area (Å²) in [6, 6.07) is 9.88. The molecule has 0 spiro atoms. The normalized spacial score (nSPS) is 36.5. The lowest BCUT2D eigenvalue weighted by atomic mass is 9.81. The summed E-state index contributed by atoms with van der Waals surface area (Å²) >= 11 is 0. The molecule has 26 heavy (non-hydrogen) atoms. The fourth-order valence-corrected chi connectivity index (χ4v) is 6.18. The van der Waals surface area contributed by atoms with Crippen molar-refractivity contribution >= 4 is 34.0 Å². The van der Waals surface area contributed by atoms with Crippen molar-refractivity contribution in [3.8, 4) is 0 Å². The number of fused-ring (bicyclic) bond motifs is 9. The fraction of sp³-hybridized carbons (Fsp3) is 0.400. The lowest BCUT2D eigenvalue weighted by molar-refractivity contribution is -0.383. The minimum Gasteiger partial charge on any atom is -0.274 e. The van der Waals surface area contributed by atoms with Crippen molar-refractivity contribution in [2.24, 2.45) is 35.5 Å². The molecule has 1 aliphatic heterocycles. The third kappa shape index (κ3) is 1.54. The third-order valence-electron chi connectivity index (χ3n) is 7.17.